The number of aliphatic hydroxyl groups excluding tert-OH is 1. The number of hydrogen-bond donors (Lipinski definition) is 1. The van der Waals surface area contributed by atoms with Crippen LogP contribution in [0, 0.1) is 5.41 Å². The fourth-order valence-electron chi connectivity index (χ4n) is 2.90. The van der Waals surface area contributed by atoms with E-state index in [9.17, 15) is 0 Å². The van der Waals surface area contributed by atoms with Crippen LogP contribution in [0.5, 0.6) is 0 Å². The molecule has 0 radical (unpaired) electrons. The molecule has 2 nitrogen and oxygen atoms in total. The van der Waals surface area contributed by atoms with Gasteiger partial charge in [0.05, 0.1) is 12.3 Å². The highest BCUT2D eigenvalue weighted by Gasteiger charge is 2.29. The lowest BCUT2D eigenvalue weighted by Crippen LogP contribution is -2.37. The van der Waals surface area contributed by atoms with E-state index in [2.05, 4.69) is 47.8 Å². The Bertz CT molecular complexity index is 434. The van der Waals surface area contributed by atoms with Crippen molar-refractivity contribution >= 4 is 21.6 Å². The normalized spacial score (nSPS) is 19.4. The van der Waals surface area contributed by atoms with Gasteiger partial charge in [-0.2, -0.15) is 0 Å². The number of aliphatic hydroxyl groups is 1. The fourth-order valence-corrected chi connectivity index (χ4v) is 3.61. The van der Waals surface area contributed by atoms with Gasteiger partial charge in [-0.25, -0.2) is 0 Å². The molecular weight excluding hydrogens is 302 g/mol. The van der Waals surface area contributed by atoms with Crippen molar-refractivity contribution in [1.82, 2.24) is 0 Å². The minimum Gasteiger partial charge on any atom is -0.392 e. The lowest BCUT2D eigenvalue weighted by atomic mass is 9.75. The summed E-state index contributed by atoms with van der Waals surface area (Å²) in [6.07, 6.45) is 5.12. The van der Waals surface area contributed by atoms with Crippen LogP contribution in [0.15, 0.2) is 22.7 Å². The second-order valence-electron chi connectivity index (χ2n) is 6.45. The third-order valence-electron chi connectivity index (χ3n) is 4.43. The number of hydrogen-bond acceptors (Lipinski definition) is 2. The molecule has 2 rings (SSSR count). The van der Waals surface area contributed by atoms with E-state index in [0.717, 1.165) is 10.0 Å². The molecule has 1 aliphatic rings. The molecule has 3 heteroatoms. The molecule has 1 saturated carbocycles. The molecule has 1 aromatic rings. The van der Waals surface area contributed by atoms with E-state index in [1.54, 1.807) is 0 Å². The molecule has 1 N–H and O–H groups in total. The number of rotatable bonds is 3. The standard InChI is InChI=1S/C16H24BrNO/c1-16(2)8-6-13(7-9-16)18(3)15-5-4-12(11-19)10-14(15)17/h4-5,10,13,19H,6-9,11H2,1-3H3. The molecule has 1 aliphatic carbocycles. The minimum atomic E-state index is 0.0974. The molecule has 0 atom stereocenters. The van der Waals surface area contributed by atoms with Crippen LogP contribution in [0.2, 0.25) is 0 Å². The molecule has 0 heterocycles. The van der Waals surface area contributed by atoms with Crippen molar-refractivity contribution in [3.63, 3.8) is 0 Å². The number of benzene rings is 1. The van der Waals surface area contributed by atoms with Crippen molar-refractivity contribution in [3.8, 4) is 0 Å². The predicted octanol–water partition coefficient (Wildman–Crippen LogP) is 4.35. The molecule has 0 bridgehead atoms. The average molecular weight is 326 g/mol. The SMILES string of the molecule is CN(c1ccc(CO)cc1Br)C1CCC(C)(C)CC1. The Balaban J connectivity index is 2.10. The van der Waals surface area contributed by atoms with Crippen molar-refractivity contribution in [3.05, 3.63) is 28.2 Å². The van der Waals surface area contributed by atoms with Crippen LogP contribution in [-0.2, 0) is 6.61 Å². The van der Waals surface area contributed by atoms with Crippen molar-refractivity contribution in [1.29, 1.82) is 0 Å². The van der Waals surface area contributed by atoms with E-state index < -0.39 is 0 Å². The molecule has 0 saturated heterocycles. The summed E-state index contributed by atoms with van der Waals surface area (Å²) in [5, 5.41) is 9.16. The van der Waals surface area contributed by atoms with Gasteiger partial charge >= 0.3 is 0 Å². The largest absolute Gasteiger partial charge is 0.392 e. The van der Waals surface area contributed by atoms with Gasteiger partial charge in [0.1, 0.15) is 0 Å². The second kappa shape index (κ2) is 5.84. The van der Waals surface area contributed by atoms with Crippen LogP contribution in [0.25, 0.3) is 0 Å². The van der Waals surface area contributed by atoms with E-state index >= 15 is 0 Å². The lowest BCUT2D eigenvalue weighted by Gasteiger charge is -2.40. The number of nitrogens with zero attached hydrogens (tertiary/aromatic N) is 1. The average Bonchev–Trinajstić information content (AvgIpc) is 2.37. The van der Waals surface area contributed by atoms with E-state index in [-0.39, 0.29) is 6.61 Å². The topological polar surface area (TPSA) is 23.5 Å². The molecule has 106 valence electrons. The van der Waals surface area contributed by atoms with E-state index in [4.69, 9.17) is 5.11 Å². The highest BCUT2D eigenvalue weighted by molar-refractivity contribution is 9.10. The first kappa shape index (κ1) is 14.9. The summed E-state index contributed by atoms with van der Waals surface area (Å²) >= 11 is 3.62. The van der Waals surface area contributed by atoms with Gasteiger partial charge in [-0.3, -0.25) is 0 Å². The smallest absolute Gasteiger partial charge is 0.0682 e. The summed E-state index contributed by atoms with van der Waals surface area (Å²) in [7, 11) is 2.18. The van der Waals surface area contributed by atoms with Crippen LogP contribution in [0.1, 0.15) is 45.1 Å². The predicted molar refractivity (Wildman–Crippen MR) is 84.5 cm³/mol. The zero-order valence-electron chi connectivity index (χ0n) is 12.1. The van der Waals surface area contributed by atoms with E-state index in [0.29, 0.717) is 11.5 Å². The maximum absolute atomic E-state index is 9.16. The first-order chi connectivity index (χ1) is 8.93. The van der Waals surface area contributed by atoms with Crippen LogP contribution >= 0.6 is 15.9 Å². The monoisotopic (exact) mass is 325 g/mol. The zero-order valence-corrected chi connectivity index (χ0v) is 13.7. The molecule has 19 heavy (non-hydrogen) atoms. The van der Waals surface area contributed by atoms with Crippen molar-refractivity contribution in [2.24, 2.45) is 5.41 Å². The van der Waals surface area contributed by atoms with Crippen LogP contribution in [-0.4, -0.2) is 18.2 Å². The zero-order chi connectivity index (χ0) is 14.0. The molecular formula is C16H24BrNO. The van der Waals surface area contributed by atoms with E-state index in [1.807, 2.05) is 12.1 Å². The first-order valence-corrected chi connectivity index (χ1v) is 7.84. The summed E-state index contributed by atoms with van der Waals surface area (Å²) in [4.78, 5) is 2.39. The molecule has 0 spiro atoms. The summed E-state index contributed by atoms with van der Waals surface area (Å²) in [6, 6.07) is 6.75. The Morgan fingerprint density at radius 3 is 2.47 bits per heavy atom. The molecule has 1 aromatic carbocycles. The highest BCUT2D eigenvalue weighted by Crippen LogP contribution is 2.39. The molecule has 0 aromatic heterocycles. The first-order valence-electron chi connectivity index (χ1n) is 7.05. The number of halogens is 1. The van der Waals surface area contributed by atoms with Gasteiger partial charge in [0.2, 0.25) is 0 Å². The Labute approximate surface area is 124 Å². The Morgan fingerprint density at radius 1 is 1.32 bits per heavy atom. The van der Waals surface area contributed by atoms with E-state index in [1.165, 1.54) is 31.4 Å². The molecule has 0 aliphatic heterocycles. The highest BCUT2D eigenvalue weighted by atomic mass is 79.9. The summed E-state index contributed by atoms with van der Waals surface area (Å²) in [5.41, 5.74) is 2.69. The molecule has 0 unspecified atom stereocenters. The van der Waals surface area contributed by atoms with Crippen LogP contribution < -0.4 is 4.90 Å². The summed E-state index contributed by atoms with van der Waals surface area (Å²) < 4.78 is 1.08. The quantitative estimate of drug-likeness (QED) is 0.893. The Kier molecular flexibility index (Phi) is 4.57. The van der Waals surface area contributed by atoms with Gasteiger partial charge in [0, 0.05) is 17.6 Å². The van der Waals surface area contributed by atoms with Gasteiger partial charge in [0.25, 0.3) is 0 Å². The fraction of sp³-hybridized carbons (Fsp3) is 0.625. The molecule has 0 amide bonds. The van der Waals surface area contributed by atoms with Crippen molar-refractivity contribution in [2.45, 2.75) is 52.2 Å². The third-order valence-corrected chi connectivity index (χ3v) is 5.07. The lowest BCUT2D eigenvalue weighted by molar-refractivity contribution is 0.222. The maximum atomic E-state index is 9.16. The van der Waals surface area contributed by atoms with Gasteiger partial charge < -0.3 is 10.0 Å². The third kappa shape index (κ3) is 3.51. The summed E-state index contributed by atoms with van der Waals surface area (Å²) in [6.45, 7) is 4.84. The van der Waals surface area contributed by atoms with Crippen molar-refractivity contribution < 1.29 is 5.11 Å². The summed E-state index contributed by atoms with van der Waals surface area (Å²) in [5.74, 6) is 0. The van der Waals surface area contributed by atoms with Gasteiger partial charge in [-0.05, 0) is 64.7 Å². The van der Waals surface area contributed by atoms with Crippen LogP contribution in [0.3, 0.4) is 0 Å². The Morgan fingerprint density at radius 2 is 1.95 bits per heavy atom. The van der Waals surface area contributed by atoms with Gasteiger partial charge in [-0.15, -0.1) is 0 Å². The van der Waals surface area contributed by atoms with Crippen molar-refractivity contribution in [2.75, 3.05) is 11.9 Å². The maximum Gasteiger partial charge on any atom is 0.0682 e. The van der Waals surface area contributed by atoms with Crippen LogP contribution in [0.4, 0.5) is 5.69 Å². The van der Waals surface area contributed by atoms with Gasteiger partial charge in [0.15, 0.2) is 0 Å². The van der Waals surface area contributed by atoms with Gasteiger partial charge in [-0.1, -0.05) is 19.9 Å². The molecule has 1 fully saturated rings. The second-order valence-corrected chi connectivity index (χ2v) is 7.30. The minimum absolute atomic E-state index is 0.0974. The Hall–Kier alpha value is -0.540. The number of anilines is 1.